The summed E-state index contributed by atoms with van der Waals surface area (Å²) >= 11 is 0. The maximum absolute atomic E-state index is 14.1. The van der Waals surface area contributed by atoms with Crippen molar-refractivity contribution in [2.24, 2.45) is 5.41 Å². The van der Waals surface area contributed by atoms with E-state index in [0.29, 0.717) is 0 Å². The molecule has 78 heavy (non-hydrogen) atoms. The topological polar surface area (TPSA) is 450 Å². The van der Waals surface area contributed by atoms with Crippen molar-refractivity contribution < 1.29 is 157 Å². The molecule has 0 fully saturated rings. The van der Waals surface area contributed by atoms with Crippen LogP contribution in [-0.4, -0.2) is 288 Å². The molecular weight excluding hydrogens is 1110 g/mol. The van der Waals surface area contributed by atoms with Gasteiger partial charge < -0.3 is 79.9 Å². The van der Waals surface area contributed by atoms with Crippen LogP contribution in [0.15, 0.2) is 0 Å². The Labute approximate surface area is 428 Å². The van der Waals surface area contributed by atoms with Crippen LogP contribution in [0.1, 0.15) is 19.3 Å². The van der Waals surface area contributed by atoms with Gasteiger partial charge in [-0.25, -0.2) is 0 Å². The quantitative estimate of drug-likeness (QED) is 0.0283. The molecule has 0 saturated heterocycles. The van der Waals surface area contributed by atoms with Gasteiger partial charge in [-0.05, 0) is 0 Å². The summed E-state index contributed by atoms with van der Waals surface area (Å²) < 4.78 is 127. The number of carbonyl (C=O) groups excluding carboxylic acids is 7. The van der Waals surface area contributed by atoms with Crippen molar-refractivity contribution in [3.8, 4) is 0 Å². The number of nitrogens with zero attached hydrogens (tertiary/aromatic N) is 7. The third kappa shape index (κ3) is 29.5. The van der Waals surface area contributed by atoms with Crippen LogP contribution >= 0.6 is 0 Å². The Hall–Kier alpha value is -8.62. The van der Waals surface area contributed by atoms with Gasteiger partial charge in [-0.1, -0.05) is 0 Å². The van der Waals surface area contributed by atoms with Gasteiger partial charge in [-0.3, -0.25) is 71.9 Å². The largest absolute Gasteiger partial charge is 0.480 e. The molecule has 0 aliphatic carbocycles. The number of ether oxygens (including phenoxy) is 1. The molecule has 0 aromatic heterocycles. The van der Waals surface area contributed by atoms with Crippen LogP contribution in [-0.2, 0) is 76.7 Å². The first kappa shape index (κ1) is 69.4. The molecule has 0 bridgehead atoms. The highest BCUT2D eigenvalue weighted by Gasteiger charge is 2.54. The van der Waals surface area contributed by atoms with Crippen LogP contribution in [0.2, 0.25) is 0 Å². The van der Waals surface area contributed by atoms with E-state index in [1.54, 1.807) is 0 Å². The van der Waals surface area contributed by atoms with Crippen LogP contribution in [0.4, 0.5) is 39.5 Å². The van der Waals surface area contributed by atoms with Gasteiger partial charge in [-0.2, -0.15) is 39.5 Å². The Kier molecular flexibility index (Phi) is 26.9. The van der Waals surface area contributed by atoms with Crippen LogP contribution in [0.25, 0.3) is 0 Å². The molecule has 0 spiro atoms. The number of rotatable bonds is 35. The lowest BCUT2D eigenvalue weighted by molar-refractivity contribution is -0.236. The number of carboxylic acid groups (broad SMARTS) is 8. The van der Waals surface area contributed by atoms with Crippen molar-refractivity contribution >= 4 is 89.1 Å². The van der Waals surface area contributed by atoms with Gasteiger partial charge >= 0.3 is 66.3 Å². The van der Waals surface area contributed by atoms with Gasteiger partial charge in [0.15, 0.2) is 0 Å². The fourth-order valence-electron chi connectivity index (χ4n) is 6.57. The van der Waals surface area contributed by atoms with E-state index < -0.39 is 237 Å². The van der Waals surface area contributed by atoms with Crippen molar-refractivity contribution in [3.05, 3.63) is 0 Å². The smallest absolute Gasteiger partial charge is 0.389 e. The summed E-state index contributed by atoms with van der Waals surface area (Å²) in [7, 11) is 0. The second-order valence-corrected chi connectivity index (χ2v) is 16.3. The summed E-state index contributed by atoms with van der Waals surface area (Å²) in [5, 5.41) is 74.0. The number of hydrogen-bond acceptors (Lipinski definition) is 16. The Balaban J connectivity index is 8.18. The molecule has 0 rings (SSSR count). The lowest BCUT2D eigenvalue weighted by Crippen LogP contribution is -2.55. The van der Waals surface area contributed by atoms with Crippen molar-refractivity contribution in [2.75, 3.05) is 105 Å². The summed E-state index contributed by atoms with van der Waals surface area (Å²) in [5.41, 5.74) is -4.05. The third-order valence-corrected chi connectivity index (χ3v) is 9.39. The van der Waals surface area contributed by atoms with E-state index in [4.69, 9.17) is 0 Å². The highest BCUT2D eigenvalue weighted by molar-refractivity contribution is 5.97. The van der Waals surface area contributed by atoms with Crippen molar-refractivity contribution in [1.82, 2.24) is 34.3 Å². The summed E-state index contributed by atoms with van der Waals surface area (Å²) in [6.45, 7) is -27.4. The predicted molar refractivity (Wildman–Crippen MR) is 222 cm³/mol. The average Bonchev–Trinajstić information content (AvgIpc) is 3.21. The molecule has 0 aliphatic rings. The van der Waals surface area contributed by atoms with Gasteiger partial charge in [0.05, 0.1) is 25.9 Å². The average molecular weight is 1160 g/mol. The van der Waals surface area contributed by atoms with E-state index in [1.807, 2.05) is 0 Å². The first-order valence-electron chi connectivity index (χ1n) is 20.9. The van der Waals surface area contributed by atoms with E-state index in [9.17, 15) is 152 Å². The summed E-state index contributed by atoms with van der Waals surface area (Å²) in [6, 6.07) is 0. The molecule has 0 aliphatic heterocycles. The van der Waals surface area contributed by atoms with E-state index in [0.717, 1.165) is 0 Å². The second kappa shape index (κ2) is 30.2. The van der Waals surface area contributed by atoms with Gasteiger partial charge in [0.2, 0.25) is 41.4 Å². The minimum Gasteiger partial charge on any atom is -0.480 e. The first-order chi connectivity index (χ1) is 35.4. The lowest BCUT2D eigenvalue weighted by Gasteiger charge is -2.36. The minimum atomic E-state index is -5.84. The molecular formula is C38H46F9N7O24. The molecule has 0 radical (unpaired) electrons. The molecule has 0 aromatic rings. The number of aliphatic carboxylic acids is 8. The van der Waals surface area contributed by atoms with Gasteiger partial charge in [-0.15, -0.1) is 0 Å². The van der Waals surface area contributed by atoms with Crippen LogP contribution in [0, 0.1) is 5.41 Å². The summed E-state index contributed by atoms with van der Waals surface area (Å²) in [5.74, 6) is -28.7. The Bertz CT molecular complexity index is 1970. The van der Waals surface area contributed by atoms with Crippen LogP contribution in [0.5, 0.6) is 0 Å². The maximum Gasteiger partial charge on any atom is 0.389 e. The predicted octanol–water partition coefficient (Wildman–Crippen LogP) is -3.68. The number of alkyl halides is 9. The maximum atomic E-state index is 14.1. The van der Waals surface area contributed by atoms with E-state index in [-0.39, 0.29) is 34.3 Å². The first-order valence-corrected chi connectivity index (χ1v) is 20.9. The molecule has 0 atom stereocenters. The molecule has 40 heteroatoms. The second-order valence-electron chi connectivity index (χ2n) is 16.3. The fraction of sp³-hybridized carbons (Fsp3) is 0.605. The van der Waals surface area contributed by atoms with Crippen LogP contribution in [0.3, 0.4) is 0 Å². The lowest BCUT2D eigenvalue weighted by atomic mass is 9.78. The molecule has 0 aromatic carbocycles. The van der Waals surface area contributed by atoms with Crippen molar-refractivity contribution in [1.29, 1.82) is 0 Å². The standard InChI is InChI=1S/C38H46F9N7O24/c39-36(40,41)16-35(17-37(42,43)44,18-38(45,46)47)19-78-15-26(61)50(5-20(55)48(1-22(57)51(7-27(62)63)8-28(64)65)2-23(58)52(9-29(66)67)10-30(68)69)6-21(56)49(3-24(59)53(11-31(70)71)12-32(72)73)4-25(60)54(13-33(74)75)14-34(76)77/h1-19H2,(H,62,63)(H,64,65)(H,66,67)(H,68,69)(H,70,71)(H,72,73)(H,74,75)(H,76,77). The fourth-order valence-corrected chi connectivity index (χ4v) is 6.57. The van der Waals surface area contributed by atoms with Crippen molar-refractivity contribution in [2.45, 2.75) is 37.8 Å². The molecule has 440 valence electrons. The number of carboxylic acids is 8. The third-order valence-electron chi connectivity index (χ3n) is 9.39. The monoisotopic (exact) mass is 1160 g/mol. The zero-order valence-electron chi connectivity index (χ0n) is 39.6. The number of halogens is 9. The number of amides is 7. The van der Waals surface area contributed by atoms with E-state index in [2.05, 4.69) is 4.74 Å². The Morgan fingerprint density at radius 3 is 0.577 bits per heavy atom. The number of hydrogen-bond donors (Lipinski definition) is 8. The minimum absolute atomic E-state index is 0.0427. The molecule has 0 saturated carbocycles. The zero-order valence-corrected chi connectivity index (χ0v) is 39.6. The summed E-state index contributed by atoms with van der Waals surface area (Å²) in [4.78, 5) is 186. The number of carbonyl (C=O) groups is 15. The highest BCUT2D eigenvalue weighted by Crippen LogP contribution is 2.48. The Morgan fingerprint density at radius 2 is 0.423 bits per heavy atom. The Morgan fingerprint density at radius 1 is 0.269 bits per heavy atom. The van der Waals surface area contributed by atoms with Crippen molar-refractivity contribution in [3.63, 3.8) is 0 Å². The van der Waals surface area contributed by atoms with E-state index in [1.165, 1.54) is 0 Å². The molecule has 7 amide bonds. The SMILES string of the molecule is O=C(O)CN(CC(=O)O)C(=O)CN(CC(=O)N(CC(=O)O)CC(=O)O)C(=O)CN(CC(=O)N(CC(=O)N(CC(=O)O)CC(=O)O)CC(=O)N(CC(=O)O)CC(=O)O)C(=O)COCC(CC(F)(F)F)(CC(F)(F)F)CC(F)(F)F. The normalized spacial score (nSPS) is 11.6. The molecule has 0 unspecified atom stereocenters. The zero-order chi connectivity index (χ0) is 60.8. The molecule has 31 nitrogen and oxygen atoms in total. The van der Waals surface area contributed by atoms with E-state index >= 15 is 0 Å². The van der Waals surface area contributed by atoms with Gasteiger partial charge in [0, 0.05) is 5.41 Å². The molecule has 8 N–H and O–H groups in total. The van der Waals surface area contributed by atoms with Crippen LogP contribution < -0.4 is 0 Å². The molecule has 0 heterocycles. The van der Waals surface area contributed by atoms with Gasteiger partial charge in [0.1, 0.15) is 98.2 Å². The van der Waals surface area contributed by atoms with Gasteiger partial charge in [0.25, 0.3) is 0 Å². The summed E-state index contributed by atoms with van der Waals surface area (Å²) in [6.07, 6.45) is -26.2. The highest BCUT2D eigenvalue weighted by atomic mass is 19.4.